The molecule has 1 fully saturated rings. The highest BCUT2D eigenvalue weighted by molar-refractivity contribution is 6.32. The van der Waals surface area contributed by atoms with E-state index in [1.807, 2.05) is 24.4 Å². The Balaban J connectivity index is 1.71. The van der Waals surface area contributed by atoms with Gasteiger partial charge < -0.3 is 0 Å². The summed E-state index contributed by atoms with van der Waals surface area (Å²) in [4.78, 5) is 4.23. The van der Waals surface area contributed by atoms with Gasteiger partial charge in [0.05, 0.1) is 28.0 Å². The van der Waals surface area contributed by atoms with Crippen LogP contribution in [0.25, 0.3) is 0 Å². The Morgan fingerprint density at radius 1 is 1.20 bits per heavy atom. The SMILES string of the molecule is N#Cc1ccc(N2N=C(c3cccnc3)CC2C2CCCC2)cc1Cl. The summed E-state index contributed by atoms with van der Waals surface area (Å²) in [7, 11) is 0. The second kappa shape index (κ2) is 6.85. The zero-order valence-corrected chi connectivity index (χ0v) is 14.7. The van der Waals surface area contributed by atoms with Crippen molar-refractivity contribution in [2.45, 2.75) is 38.1 Å². The van der Waals surface area contributed by atoms with Crippen molar-refractivity contribution in [2.75, 3.05) is 5.01 Å². The molecule has 5 heteroatoms. The number of benzene rings is 1. The Morgan fingerprint density at radius 3 is 2.72 bits per heavy atom. The molecule has 2 aromatic rings. The highest BCUT2D eigenvalue weighted by Crippen LogP contribution is 2.38. The number of anilines is 1. The van der Waals surface area contributed by atoms with Gasteiger partial charge in [-0.05, 0) is 43.0 Å². The van der Waals surface area contributed by atoms with Crippen LogP contribution in [-0.2, 0) is 0 Å². The topological polar surface area (TPSA) is 52.3 Å². The van der Waals surface area contributed by atoms with Gasteiger partial charge in [-0.25, -0.2) is 0 Å². The summed E-state index contributed by atoms with van der Waals surface area (Å²) in [6, 6.07) is 12.1. The number of hydrogen-bond donors (Lipinski definition) is 0. The van der Waals surface area contributed by atoms with Crippen molar-refractivity contribution in [1.29, 1.82) is 5.26 Å². The molecule has 4 rings (SSSR count). The average Bonchev–Trinajstić information content (AvgIpc) is 3.32. The van der Waals surface area contributed by atoms with E-state index < -0.39 is 0 Å². The van der Waals surface area contributed by atoms with E-state index in [4.69, 9.17) is 22.0 Å². The maximum Gasteiger partial charge on any atom is 0.101 e. The molecule has 1 saturated carbocycles. The van der Waals surface area contributed by atoms with E-state index in [9.17, 15) is 0 Å². The number of hydrogen-bond acceptors (Lipinski definition) is 4. The third-order valence-corrected chi connectivity index (χ3v) is 5.53. The van der Waals surface area contributed by atoms with E-state index in [0.29, 0.717) is 22.5 Å². The average molecular weight is 351 g/mol. The van der Waals surface area contributed by atoms with Crippen LogP contribution in [0.3, 0.4) is 0 Å². The number of nitriles is 1. The Hall–Kier alpha value is -2.38. The lowest BCUT2D eigenvalue weighted by atomic mass is 9.92. The quantitative estimate of drug-likeness (QED) is 0.800. The maximum atomic E-state index is 9.11. The molecule has 2 aliphatic rings. The van der Waals surface area contributed by atoms with Crippen LogP contribution in [0.4, 0.5) is 5.69 Å². The van der Waals surface area contributed by atoms with Gasteiger partial charge in [0.2, 0.25) is 0 Å². The van der Waals surface area contributed by atoms with Crippen LogP contribution in [0, 0.1) is 17.2 Å². The Kier molecular flexibility index (Phi) is 4.42. The van der Waals surface area contributed by atoms with Gasteiger partial charge in [-0.3, -0.25) is 9.99 Å². The van der Waals surface area contributed by atoms with Gasteiger partial charge in [0.15, 0.2) is 0 Å². The van der Waals surface area contributed by atoms with Crippen LogP contribution in [-0.4, -0.2) is 16.7 Å². The van der Waals surface area contributed by atoms with E-state index in [-0.39, 0.29) is 0 Å². The summed E-state index contributed by atoms with van der Waals surface area (Å²) in [5.41, 5.74) is 3.61. The lowest BCUT2D eigenvalue weighted by molar-refractivity contribution is 0.430. The molecule has 0 saturated heterocycles. The molecule has 4 nitrogen and oxygen atoms in total. The first kappa shape index (κ1) is 16.1. The third kappa shape index (κ3) is 3.12. The molecule has 1 aromatic carbocycles. The number of pyridine rings is 1. The third-order valence-electron chi connectivity index (χ3n) is 5.22. The summed E-state index contributed by atoms with van der Waals surface area (Å²) in [6.45, 7) is 0. The molecule has 1 unspecified atom stereocenters. The first-order valence-electron chi connectivity index (χ1n) is 8.73. The van der Waals surface area contributed by atoms with Crippen LogP contribution < -0.4 is 5.01 Å². The number of hydrazone groups is 1. The maximum absolute atomic E-state index is 9.11. The van der Waals surface area contributed by atoms with E-state index in [2.05, 4.69) is 22.1 Å². The molecule has 2 heterocycles. The first-order chi connectivity index (χ1) is 12.3. The van der Waals surface area contributed by atoms with Gasteiger partial charge in [-0.1, -0.05) is 30.5 Å². The van der Waals surface area contributed by atoms with Gasteiger partial charge in [0, 0.05) is 24.4 Å². The molecule has 0 bridgehead atoms. The van der Waals surface area contributed by atoms with Crippen molar-refractivity contribution in [3.05, 3.63) is 58.9 Å². The molecular formula is C20H19ClN4. The molecule has 0 spiro atoms. The number of halogens is 1. The van der Waals surface area contributed by atoms with Crippen molar-refractivity contribution in [3.8, 4) is 6.07 Å². The molecule has 126 valence electrons. The van der Waals surface area contributed by atoms with Gasteiger partial charge >= 0.3 is 0 Å². The number of nitrogens with zero attached hydrogens (tertiary/aromatic N) is 4. The van der Waals surface area contributed by atoms with Crippen molar-refractivity contribution >= 4 is 23.0 Å². The minimum absolute atomic E-state index is 0.349. The minimum Gasteiger partial charge on any atom is -0.264 e. The fourth-order valence-electron chi connectivity index (χ4n) is 3.93. The lowest BCUT2D eigenvalue weighted by Gasteiger charge is -2.28. The zero-order chi connectivity index (χ0) is 17.2. The van der Waals surface area contributed by atoms with Gasteiger partial charge in [-0.15, -0.1) is 0 Å². The Morgan fingerprint density at radius 2 is 2.04 bits per heavy atom. The Bertz CT molecular complexity index is 835. The summed E-state index contributed by atoms with van der Waals surface area (Å²) in [5.74, 6) is 0.646. The minimum atomic E-state index is 0.349. The fourth-order valence-corrected chi connectivity index (χ4v) is 4.15. The van der Waals surface area contributed by atoms with E-state index in [0.717, 1.165) is 23.4 Å². The normalized spacial score (nSPS) is 20.6. The second-order valence-corrected chi connectivity index (χ2v) is 7.13. The summed E-state index contributed by atoms with van der Waals surface area (Å²) in [5, 5.41) is 16.6. The van der Waals surface area contributed by atoms with E-state index in [1.54, 1.807) is 12.3 Å². The predicted molar refractivity (Wildman–Crippen MR) is 99.8 cm³/mol. The summed E-state index contributed by atoms with van der Waals surface area (Å²) in [6.07, 6.45) is 9.68. The molecule has 1 aliphatic heterocycles. The molecule has 1 aromatic heterocycles. The van der Waals surface area contributed by atoms with Crippen molar-refractivity contribution in [1.82, 2.24) is 4.98 Å². The lowest BCUT2D eigenvalue weighted by Crippen LogP contribution is -2.32. The first-order valence-corrected chi connectivity index (χ1v) is 9.11. The van der Waals surface area contributed by atoms with Crippen LogP contribution in [0.1, 0.15) is 43.2 Å². The highest BCUT2D eigenvalue weighted by Gasteiger charge is 2.36. The van der Waals surface area contributed by atoms with Crippen LogP contribution >= 0.6 is 11.6 Å². The highest BCUT2D eigenvalue weighted by atomic mass is 35.5. The summed E-state index contributed by atoms with van der Waals surface area (Å²) >= 11 is 6.26. The monoisotopic (exact) mass is 350 g/mol. The van der Waals surface area contributed by atoms with Crippen molar-refractivity contribution < 1.29 is 0 Å². The van der Waals surface area contributed by atoms with E-state index >= 15 is 0 Å². The molecule has 0 radical (unpaired) electrons. The Labute approximate surface area is 152 Å². The van der Waals surface area contributed by atoms with Crippen LogP contribution in [0.15, 0.2) is 47.8 Å². The smallest absolute Gasteiger partial charge is 0.101 e. The van der Waals surface area contributed by atoms with Crippen LogP contribution in [0.2, 0.25) is 5.02 Å². The van der Waals surface area contributed by atoms with Gasteiger partial charge in [0.25, 0.3) is 0 Å². The standard InChI is InChI=1S/C20H19ClN4/c21-18-10-17(8-7-15(18)12-22)25-20(14-4-1-2-5-14)11-19(24-25)16-6-3-9-23-13-16/h3,6-10,13-14,20H,1-2,4-5,11H2. The van der Waals surface area contributed by atoms with Crippen molar-refractivity contribution in [2.24, 2.45) is 11.0 Å². The number of aromatic nitrogens is 1. The largest absolute Gasteiger partial charge is 0.264 e. The molecule has 0 N–H and O–H groups in total. The molecular weight excluding hydrogens is 332 g/mol. The zero-order valence-electron chi connectivity index (χ0n) is 13.9. The molecule has 1 aliphatic carbocycles. The van der Waals surface area contributed by atoms with E-state index in [1.165, 1.54) is 25.7 Å². The van der Waals surface area contributed by atoms with Gasteiger partial charge in [0.1, 0.15) is 6.07 Å². The second-order valence-electron chi connectivity index (χ2n) is 6.72. The predicted octanol–water partition coefficient (Wildman–Crippen LogP) is 4.78. The van der Waals surface area contributed by atoms with Gasteiger partial charge in [-0.2, -0.15) is 10.4 Å². The fraction of sp³-hybridized carbons (Fsp3) is 0.350. The summed E-state index contributed by atoms with van der Waals surface area (Å²) < 4.78 is 0. The number of rotatable bonds is 3. The molecule has 0 amide bonds. The van der Waals surface area contributed by atoms with Crippen LogP contribution in [0.5, 0.6) is 0 Å². The molecule has 25 heavy (non-hydrogen) atoms. The van der Waals surface area contributed by atoms with Crippen molar-refractivity contribution in [3.63, 3.8) is 0 Å². The molecule has 1 atom stereocenters.